The Labute approximate surface area is 96.5 Å². The van der Waals surface area contributed by atoms with Crippen LogP contribution in [0.2, 0.25) is 0 Å². The van der Waals surface area contributed by atoms with Gasteiger partial charge in [-0.3, -0.25) is 0 Å². The van der Waals surface area contributed by atoms with Crippen LogP contribution in [0.5, 0.6) is 0 Å². The highest BCUT2D eigenvalue weighted by molar-refractivity contribution is 5.18. The van der Waals surface area contributed by atoms with E-state index < -0.39 is 18.9 Å². The van der Waals surface area contributed by atoms with Gasteiger partial charge in [-0.1, -0.05) is 0 Å². The van der Waals surface area contributed by atoms with Crippen LogP contribution < -0.4 is 0 Å². The first-order valence-electron chi connectivity index (χ1n) is 4.94. The summed E-state index contributed by atoms with van der Waals surface area (Å²) in [4.78, 5) is 7.77. The fourth-order valence-corrected chi connectivity index (χ4v) is 1.26. The van der Waals surface area contributed by atoms with Crippen molar-refractivity contribution in [2.24, 2.45) is 0 Å². The largest absolute Gasteiger partial charge is 0.411 e. The van der Waals surface area contributed by atoms with Crippen LogP contribution in [-0.4, -0.2) is 27.9 Å². The molecule has 1 rings (SSSR count). The number of rotatable bonds is 4. The Hall–Kier alpha value is -1.21. The first kappa shape index (κ1) is 13.9. The van der Waals surface area contributed by atoms with E-state index in [4.69, 9.17) is 0 Å². The monoisotopic (exact) mass is 250 g/mol. The standard InChI is InChI=1S/C10H13F3N2O2/c1-6-8(7(2)16)3-14-9(15-6)4-17-5-10(11,12)13/h3,7,16H,4-5H2,1-2H3/t7-/m1/s1. The molecular formula is C10H13F3N2O2. The van der Waals surface area contributed by atoms with Crippen molar-refractivity contribution in [1.29, 1.82) is 0 Å². The van der Waals surface area contributed by atoms with Crippen molar-refractivity contribution in [1.82, 2.24) is 9.97 Å². The van der Waals surface area contributed by atoms with Gasteiger partial charge in [0.1, 0.15) is 13.2 Å². The van der Waals surface area contributed by atoms with Crippen molar-refractivity contribution < 1.29 is 23.0 Å². The first-order valence-corrected chi connectivity index (χ1v) is 4.94. The van der Waals surface area contributed by atoms with Crippen molar-refractivity contribution in [2.75, 3.05) is 6.61 Å². The number of aliphatic hydroxyl groups is 1. The molecule has 1 heterocycles. The smallest absolute Gasteiger partial charge is 0.389 e. The average Bonchev–Trinajstić information content (AvgIpc) is 2.15. The highest BCUT2D eigenvalue weighted by Gasteiger charge is 2.27. The van der Waals surface area contributed by atoms with E-state index in [9.17, 15) is 18.3 Å². The number of aliphatic hydroxyl groups excluding tert-OH is 1. The molecule has 0 spiro atoms. The van der Waals surface area contributed by atoms with Gasteiger partial charge >= 0.3 is 6.18 Å². The number of aromatic nitrogens is 2. The molecule has 4 nitrogen and oxygen atoms in total. The summed E-state index contributed by atoms with van der Waals surface area (Å²) in [5.74, 6) is 0.163. The van der Waals surface area contributed by atoms with Crippen molar-refractivity contribution in [3.8, 4) is 0 Å². The van der Waals surface area contributed by atoms with Crippen LogP contribution >= 0.6 is 0 Å². The minimum absolute atomic E-state index is 0.163. The van der Waals surface area contributed by atoms with E-state index in [1.54, 1.807) is 13.8 Å². The van der Waals surface area contributed by atoms with E-state index in [1.807, 2.05) is 0 Å². The molecule has 0 saturated carbocycles. The fraction of sp³-hybridized carbons (Fsp3) is 0.600. The molecule has 0 saturated heterocycles. The number of hydrogen-bond acceptors (Lipinski definition) is 4. The predicted molar refractivity (Wildman–Crippen MR) is 53.1 cm³/mol. The number of halogens is 3. The van der Waals surface area contributed by atoms with Gasteiger partial charge in [0, 0.05) is 17.5 Å². The molecule has 0 unspecified atom stereocenters. The Morgan fingerprint density at radius 2 is 2.12 bits per heavy atom. The topological polar surface area (TPSA) is 55.2 Å². The molecule has 7 heteroatoms. The predicted octanol–water partition coefficient (Wildman–Crippen LogP) is 1.92. The molecule has 0 fully saturated rings. The van der Waals surface area contributed by atoms with E-state index in [1.165, 1.54) is 6.20 Å². The Kier molecular flexibility index (Phi) is 4.41. The van der Waals surface area contributed by atoms with Gasteiger partial charge in [0.2, 0.25) is 0 Å². The molecule has 96 valence electrons. The lowest BCUT2D eigenvalue weighted by Crippen LogP contribution is -2.17. The second-order valence-corrected chi connectivity index (χ2v) is 3.61. The maximum atomic E-state index is 11.8. The molecule has 0 aliphatic carbocycles. The van der Waals surface area contributed by atoms with Crippen molar-refractivity contribution >= 4 is 0 Å². The highest BCUT2D eigenvalue weighted by Crippen LogP contribution is 2.16. The normalized spacial score (nSPS) is 13.8. The lowest BCUT2D eigenvalue weighted by molar-refractivity contribution is -0.177. The lowest BCUT2D eigenvalue weighted by atomic mass is 10.1. The molecule has 1 aromatic rings. The van der Waals surface area contributed by atoms with E-state index in [-0.39, 0.29) is 12.4 Å². The van der Waals surface area contributed by atoms with Crippen LogP contribution in [0.1, 0.15) is 30.1 Å². The number of alkyl halides is 3. The summed E-state index contributed by atoms with van der Waals surface area (Å²) in [7, 11) is 0. The zero-order chi connectivity index (χ0) is 13.1. The minimum atomic E-state index is -4.35. The van der Waals surface area contributed by atoms with E-state index in [0.29, 0.717) is 11.3 Å². The van der Waals surface area contributed by atoms with Gasteiger partial charge in [-0.25, -0.2) is 9.97 Å². The summed E-state index contributed by atoms with van der Waals surface area (Å²) in [5.41, 5.74) is 1.07. The van der Waals surface area contributed by atoms with Crippen molar-refractivity contribution in [2.45, 2.75) is 32.7 Å². The SMILES string of the molecule is Cc1nc(COCC(F)(F)F)ncc1[C@@H](C)O. The summed E-state index contributed by atoms with van der Waals surface area (Å²) in [6.07, 6.45) is -3.67. The highest BCUT2D eigenvalue weighted by atomic mass is 19.4. The molecule has 1 atom stereocenters. The maximum absolute atomic E-state index is 11.8. The summed E-state index contributed by atoms with van der Waals surface area (Å²) >= 11 is 0. The van der Waals surface area contributed by atoms with Gasteiger partial charge in [-0.15, -0.1) is 0 Å². The molecule has 0 amide bonds. The van der Waals surface area contributed by atoms with Gasteiger partial charge in [0.05, 0.1) is 6.10 Å². The van der Waals surface area contributed by atoms with Crippen LogP contribution in [0.25, 0.3) is 0 Å². The molecule has 1 aromatic heterocycles. The molecule has 0 aliphatic rings. The molecule has 1 N–H and O–H groups in total. The van der Waals surface area contributed by atoms with Gasteiger partial charge < -0.3 is 9.84 Å². The van der Waals surface area contributed by atoms with Gasteiger partial charge in [-0.2, -0.15) is 13.2 Å². The first-order chi connectivity index (χ1) is 7.79. The lowest BCUT2D eigenvalue weighted by Gasteiger charge is -2.10. The van der Waals surface area contributed by atoms with Gasteiger partial charge in [0.15, 0.2) is 5.82 Å². The number of nitrogens with zero attached hydrogens (tertiary/aromatic N) is 2. The Bertz CT molecular complexity index is 380. The molecule has 17 heavy (non-hydrogen) atoms. The molecule has 0 aromatic carbocycles. The maximum Gasteiger partial charge on any atom is 0.411 e. The van der Waals surface area contributed by atoms with Crippen LogP contribution in [0, 0.1) is 6.92 Å². The van der Waals surface area contributed by atoms with Crippen LogP contribution in [-0.2, 0) is 11.3 Å². The van der Waals surface area contributed by atoms with Gasteiger partial charge in [0.25, 0.3) is 0 Å². The summed E-state index contributed by atoms with van der Waals surface area (Å²) < 4.78 is 39.9. The molecular weight excluding hydrogens is 237 g/mol. The zero-order valence-corrected chi connectivity index (χ0v) is 9.45. The van der Waals surface area contributed by atoms with Crippen LogP contribution in [0.15, 0.2) is 6.20 Å². The van der Waals surface area contributed by atoms with Crippen LogP contribution in [0.3, 0.4) is 0 Å². The third-order valence-corrected chi connectivity index (χ3v) is 2.01. The Morgan fingerprint density at radius 1 is 1.47 bits per heavy atom. The second kappa shape index (κ2) is 5.42. The second-order valence-electron chi connectivity index (χ2n) is 3.61. The Morgan fingerprint density at radius 3 is 2.59 bits per heavy atom. The quantitative estimate of drug-likeness (QED) is 0.887. The average molecular weight is 250 g/mol. The van der Waals surface area contributed by atoms with Gasteiger partial charge in [-0.05, 0) is 13.8 Å². The summed E-state index contributed by atoms with van der Waals surface area (Å²) in [6.45, 7) is 1.58. The Balaban J connectivity index is 2.59. The number of ether oxygens (including phenoxy) is 1. The molecule has 0 aliphatic heterocycles. The number of aryl methyl sites for hydroxylation is 1. The zero-order valence-electron chi connectivity index (χ0n) is 9.45. The van der Waals surface area contributed by atoms with E-state index >= 15 is 0 Å². The summed E-state index contributed by atoms with van der Waals surface area (Å²) in [6, 6.07) is 0. The fourth-order valence-electron chi connectivity index (χ4n) is 1.26. The third-order valence-electron chi connectivity index (χ3n) is 2.01. The molecule has 0 radical (unpaired) electrons. The number of hydrogen-bond donors (Lipinski definition) is 1. The van der Waals surface area contributed by atoms with Crippen molar-refractivity contribution in [3.63, 3.8) is 0 Å². The third kappa shape index (κ3) is 4.66. The van der Waals surface area contributed by atoms with E-state index in [2.05, 4.69) is 14.7 Å². The van der Waals surface area contributed by atoms with Crippen molar-refractivity contribution in [3.05, 3.63) is 23.3 Å². The minimum Gasteiger partial charge on any atom is -0.389 e. The summed E-state index contributed by atoms with van der Waals surface area (Å²) in [5, 5.41) is 9.32. The van der Waals surface area contributed by atoms with E-state index in [0.717, 1.165) is 0 Å². The van der Waals surface area contributed by atoms with Crippen LogP contribution in [0.4, 0.5) is 13.2 Å². The molecule has 0 bridgehead atoms.